The number of amides is 1. The van der Waals surface area contributed by atoms with Gasteiger partial charge in [0.2, 0.25) is 15.9 Å². The van der Waals surface area contributed by atoms with Crippen molar-refractivity contribution in [3.05, 3.63) is 54.3 Å². The fraction of sp³-hybridized carbons (Fsp3) is 0.381. The van der Waals surface area contributed by atoms with Crippen LogP contribution in [0.15, 0.2) is 53.4 Å². The van der Waals surface area contributed by atoms with E-state index in [1.54, 1.807) is 36.1 Å². The average Bonchev–Trinajstić information content (AvgIpc) is 2.74. The summed E-state index contributed by atoms with van der Waals surface area (Å²) in [7, 11) is -3.83. The van der Waals surface area contributed by atoms with Gasteiger partial charge in [-0.2, -0.15) is 4.72 Å². The molecule has 1 atom stereocenters. The molecule has 0 aliphatic carbocycles. The van der Waals surface area contributed by atoms with Crippen molar-refractivity contribution in [1.29, 1.82) is 0 Å². The summed E-state index contributed by atoms with van der Waals surface area (Å²) in [6, 6.07) is 11.4. The summed E-state index contributed by atoms with van der Waals surface area (Å²) in [5.41, 5.74) is 0.896. The SMILES string of the molecule is CCOc1ccc(S(=O)(=O)N[C@H](C)C(=O)N2CCN(c3ccc(F)cc3)CC2)cc1. The van der Waals surface area contributed by atoms with Gasteiger partial charge in [0.25, 0.3) is 0 Å². The molecule has 30 heavy (non-hydrogen) atoms. The molecule has 0 spiro atoms. The van der Waals surface area contributed by atoms with Crippen LogP contribution in [-0.4, -0.2) is 58.1 Å². The van der Waals surface area contributed by atoms with Crippen LogP contribution in [0.25, 0.3) is 0 Å². The van der Waals surface area contributed by atoms with Gasteiger partial charge in [0.1, 0.15) is 11.6 Å². The smallest absolute Gasteiger partial charge is 0.241 e. The van der Waals surface area contributed by atoms with E-state index in [1.165, 1.54) is 24.3 Å². The van der Waals surface area contributed by atoms with Crippen LogP contribution >= 0.6 is 0 Å². The van der Waals surface area contributed by atoms with Gasteiger partial charge in [-0.1, -0.05) is 0 Å². The number of nitrogens with one attached hydrogen (secondary N) is 1. The maximum atomic E-state index is 13.1. The lowest BCUT2D eigenvalue weighted by molar-refractivity contribution is -0.132. The summed E-state index contributed by atoms with van der Waals surface area (Å²) in [5.74, 6) is 0.0177. The highest BCUT2D eigenvalue weighted by atomic mass is 32.2. The number of hydrogen-bond acceptors (Lipinski definition) is 5. The molecule has 2 aromatic carbocycles. The van der Waals surface area contributed by atoms with Crippen molar-refractivity contribution in [1.82, 2.24) is 9.62 Å². The van der Waals surface area contributed by atoms with Gasteiger partial charge in [-0.15, -0.1) is 0 Å². The van der Waals surface area contributed by atoms with E-state index >= 15 is 0 Å². The first-order valence-corrected chi connectivity index (χ1v) is 11.3. The quantitative estimate of drug-likeness (QED) is 0.722. The van der Waals surface area contributed by atoms with Gasteiger partial charge in [-0.05, 0) is 62.4 Å². The number of piperazine rings is 1. The largest absolute Gasteiger partial charge is 0.494 e. The predicted octanol–water partition coefficient (Wildman–Crippen LogP) is 2.24. The molecular weight excluding hydrogens is 409 g/mol. The van der Waals surface area contributed by atoms with Crippen LogP contribution < -0.4 is 14.4 Å². The molecule has 1 saturated heterocycles. The van der Waals surface area contributed by atoms with E-state index in [9.17, 15) is 17.6 Å². The van der Waals surface area contributed by atoms with Crippen molar-refractivity contribution in [2.75, 3.05) is 37.7 Å². The third-order valence-corrected chi connectivity index (χ3v) is 6.49. The summed E-state index contributed by atoms with van der Waals surface area (Å²) >= 11 is 0. The fourth-order valence-electron chi connectivity index (χ4n) is 3.34. The molecule has 1 heterocycles. The summed E-state index contributed by atoms with van der Waals surface area (Å²) in [4.78, 5) is 16.5. The average molecular weight is 436 g/mol. The standard InChI is InChI=1S/C21H26FN3O4S/c1-3-29-19-8-10-20(11-9-19)30(27,28)23-16(2)21(26)25-14-12-24(13-15-25)18-6-4-17(22)5-7-18/h4-11,16,23H,3,12-15H2,1-2H3/t16-/m1/s1. The lowest BCUT2D eigenvalue weighted by Crippen LogP contribution is -2.54. The third-order valence-electron chi connectivity index (χ3n) is 4.93. The maximum absolute atomic E-state index is 13.1. The molecule has 162 valence electrons. The number of halogens is 1. The first-order valence-electron chi connectivity index (χ1n) is 9.84. The van der Waals surface area contributed by atoms with E-state index in [0.29, 0.717) is 38.5 Å². The highest BCUT2D eigenvalue weighted by Gasteiger charge is 2.28. The summed E-state index contributed by atoms with van der Waals surface area (Å²) < 4.78 is 46.1. The van der Waals surface area contributed by atoms with E-state index in [0.717, 1.165) is 5.69 Å². The minimum atomic E-state index is -3.83. The molecule has 0 saturated carbocycles. The normalized spacial score (nSPS) is 15.7. The van der Waals surface area contributed by atoms with Crippen LogP contribution in [0.5, 0.6) is 5.75 Å². The van der Waals surface area contributed by atoms with Gasteiger partial charge in [0, 0.05) is 31.9 Å². The Morgan fingerprint density at radius 3 is 2.23 bits per heavy atom. The molecule has 1 fully saturated rings. The predicted molar refractivity (Wildman–Crippen MR) is 113 cm³/mol. The minimum Gasteiger partial charge on any atom is -0.494 e. The lowest BCUT2D eigenvalue weighted by atomic mass is 10.2. The Bertz CT molecular complexity index is 957. The Labute approximate surface area is 176 Å². The van der Waals surface area contributed by atoms with E-state index < -0.39 is 16.1 Å². The minimum absolute atomic E-state index is 0.0757. The molecule has 1 N–H and O–H groups in total. The molecule has 2 aromatic rings. The summed E-state index contributed by atoms with van der Waals surface area (Å²) in [5, 5.41) is 0. The Morgan fingerprint density at radius 1 is 1.07 bits per heavy atom. The van der Waals surface area contributed by atoms with Crippen LogP contribution in [-0.2, 0) is 14.8 Å². The van der Waals surface area contributed by atoms with E-state index in [2.05, 4.69) is 9.62 Å². The lowest BCUT2D eigenvalue weighted by Gasteiger charge is -2.37. The van der Waals surface area contributed by atoms with Crippen LogP contribution in [0.3, 0.4) is 0 Å². The number of anilines is 1. The molecule has 1 aliphatic heterocycles. The van der Waals surface area contributed by atoms with Crippen molar-refractivity contribution < 1.29 is 22.3 Å². The Morgan fingerprint density at radius 2 is 1.67 bits per heavy atom. The van der Waals surface area contributed by atoms with Crippen LogP contribution in [0.4, 0.5) is 10.1 Å². The van der Waals surface area contributed by atoms with E-state index in [1.807, 2.05) is 6.92 Å². The van der Waals surface area contributed by atoms with Crippen LogP contribution in [0, 0.1) is 5.82 Å². The van der Waals surface area contributed by atoms with Gasteiger partial charge in [0.05, 0.1) is 17.5 Å². The number of carbonyl (C=O) groups excluding carboxylic acids is 1. The molecule has 0 unspecified atom stereocenters. The molecular formula is C21H26FN3O4S. The third kappa shape index (κ3) is 5.28. The van der Waals surface area contributed by atoms with Crippen molar-refractivity contribution in [3.63, 3.8) is 0 Å². The van der Waals surface area contributed by atoms with Gasteiger partial charge < -0.3 is 14.5 Å². The summed E-state index contributed by atoms with van der Waals surface area (Å²) in [6.07, 6.45) is 0. The maximum Gasteiger partial charge on any atom is 0.241 e. The first-order chi connectivity index (χ1) is 14.3. The monoisotopic (exact) mass is 435 g/mol. The zero-order chi connectivity index (χ0) is 21.7. The summed E-state index contributed by atoms with van der Waals surface area (Å²) in [6.45, 7) is 5.99. The van der Waals surface area contributed by atoms with Crippen molar-refractivity contribution in [2.45, 2.75) is 24.8 Å². The topological polar surface area (TPSA) is 78.9 Å². The highest BCUT2D eigenvalue weighted by molar-refractivity contribution is 7.89. The van der Waals surface area contributed by atoms with Crippen molar-refractivity contribution in [2.24, 2.45) is 0 Å². The molecule has 0 radical (unpaired) electrons. The van der Waals surface area contributed by atoms with Crippen molar-refractivity contribution in [3.8, 4) is 5.75 Å². The van der Waals surface area contributed by atoms with Crippen molar-refractivity contribution >= 4 is 21.6 Å². The van der Waals surface area contributed by atoms with Gasteiger partial charge in [0.15, 0.2) is 0 Å². The number of rotatable bonds is 7. The van der Waals surface area contributed by atoms with E-state index in [4.69, 9.17) is 4.74 Å². The number of carbonyl (C=O) groups is 1. The Balaban J connectivity index is 1.57. The number of sulfonamides is 1. The second kappa shape index (κ2) is 9.44. The molecule has 1 aliphatic rings. The number of hydrogen-bond donors (Lipinski definition) is 1. The number of benzene rings is 2. The van der Waals surface area contributed by atoms with Gasteiger partial charge >= 0.3 is 0 Å². The zero-order valence-electron chi connectivity index (χ0n) is 17.0. The Hall–Kier alpha value is -2.65. The van der Waals surface area contributed by atoms with Gasteiger partial charge in [-0.25, -0.2) is 12.8 Å². The zero-order valence-corrected chi connectivity index (χ0v) is 17.9. The first kappa shape index (κ1) is 22.0. The fourth-order valence-corrected chi connectivity index (χ4v) is 4.54. The molecule has 7 nitrogen and oxygen atoms in total. The molecule has 1 amide bonds. The second-order valence-electron chi connectivity index (χ2n) is 7.04. The number of ether oxygens (including phenoxy) is 1. The molecule has 0 bridgehead atoms. The number of nitrogens with zero attached hydrogens (tertiary/aromatic N) is 2. The van der Waals surface area contributed by atoms with E-state index in [-0.39, 0.29) is 16.6 Å². The van der Waals surface area contributed by atoms with Crippen LogP contribution in [0.1, 0.15) is 13.8 Å². The molecule has 3 rings (SSSR count). The molecule has 9 heteroatoms. The second-order valence-corrected chi connectivity index (χ2v) is 8.75. The molecule has 0 aromatic heterocycles. The van der Waals surface area contributed by atoms with Crippen LogP contribution in [0.2, 0.25) is 0 Å². The van der Waals surface area contributed by atoms with Gasteiger partial charge in [-0.3, -0.25) is 4.79 Å². The highest BCUT2D eigenvalue weighted by Crippen LogP contribution is 2.18. The Kier molecular flexibility index (Phi) is 6.94.